The molecular weight excluding hydrogens is 300 g/mol. The molecule has 0 N–H and O–H groups in total. The first-order valence-corrected chi connectivity index (χ1v) is 7.12. The zero-order chi connectivity index (χ0) is 16.2. The SMILES string of the molecule is O=C(CN1C(=O)CCC1=O)OCc1cnc(-c2ccccc2)o1. The number of amides is 2. The average molecular weight is 314 g/mol. The zero-order valence-corrected chi connectivity index (χ0v) is 12.2. The van der Waals surface area contributed by atoms with Crippen LogP contribution < -0.4 is 0 Å². The van der Waals surface area contributed by atoms with Crippen molar-refractivity contribution in [2.75, 3.05) is 6.54 Å². The quantitative estimate of drug-likeness (QED) is 0.614. The molecule has 2 amide bonds. The number of ether oxygens (including phenoxy) is 1. The van der Waals surface area contributed by atoms with E-state index < -0.39 is 5.97 Å². The molecule has 1 aliphatic rings. The number of benzene rings is 1. The third-order valence-electron chi connectivity index (χ3n) is 3.39. The van der Waals surface area contributed by atoms with E-state index in [2.05, 4.69) is 4.98 Å². The van der Waals surface area contributed by atoms with Gasteiger partial charge >= 0.3 is 5.97 Å². The van der Waals surface area contributed by atoms with Gasteiger partial charge in [0.05, 0.1) is 6.20 Å². The van der Waals surface area contributed by atoms with Gasteiger partial charge in [-0.1, -0.05) is 18.2 Å². The fourth-order valence-electron chi connectivity index (χ4n) is 2.21. The normalized spacial score (nSPS) is 14.3. The molecule has 1 aromatic heterocycles. The second-order valence-corrected chi connectivity index (χ2v) is 5.03. The van der Waals surface area contributed by atoms with Crippen LogP contribution >= 0.6 is 0 Å². The van der Waals surface area contributed by atoms with E-state index in [-0.39, 0.29) is 37.8 Å². The number of nitrogens with zero attached hydrogens (tertiary/aromatic N) is 2. The molecule has 0 atom stereocenters. The van der Waals surface area contributed by atoms with Gasteiger partial charge in [-0.3, -0.25) is 19.3 Å². The maximum absolute atomic E-state index is 11.7. The Bertz CT molecular complexity index is 722. The number of carbonyl (C=O) groups excluding carboxylic acids is 3. The highest BCUT2D eigenvalue weighted by atomic mass is 16.5. The number of oxazole rings is 1. The molecule has 0 saturated carbocycles. The Labute approximate surface area is 131 Å². The van der Waals surface area contributed by atoms with Crippen LogP contribution in [0.15, 0.2) is 40.9 Å². The molecule has 23 heavy (non-hydrogen) atoms. The molecular formula is C16H14N2O5. The van der Waals surface area contributed by atoms with Gasteiger partial charge in [-0.25, -0.2) is 4.98 Å². The highest BCUT2D eigenvalue weighted by Gasteiger charge is 2.30. The molecule has 0 bridgehead atoms. The minimum absolute atomic E-state index is 0.102. The van der Waals surface area contributed by atoms with E-state index >= 15 is 0 Å². The van der Waals surface area contributed by atoms with Gasteiger partial charge in [0.2, 0.25) is 17.7 Å². The first-order chi connectivity index (χ1) is 11.1. The first-order valence-electron chi connectivity index (χ1n) is 7.12. The fourth-order valence-corrected chi connectivity index (χ4v) is 2.21. The van der Waals surface area contributed by atoms with E-state index in [0.29, 0.717) is 11.7 Å². The average Bonchev–Trinajstić information content (AvgIpc) is 3.16. The van der Waals surface area contributed by atoms with Gasteiger partial charge in [0.15, 0.2) is 12.4 Å². The van der Waals surface area contributed by atoms with Crippen LogP contribution in [0.4, 0.5) is 0 Å². The Kier molecular flexibility index (Phi) is 4.18. The molecule has 2 heterocycles. The number of aromatic nitrogens is 1. The summed E-state index contributed by atoms with van der Waals surface area (Å²) >= 11 is 0. The molecule has 2 aromatic rings. The second kappa shape index (κ2) is 6.43. The Morgan fingerprint density at radius 3 is 2.57 bits per heavy atom. The molecule has 1 saturated heterocycles. The minimum Gasteiger partial charge on any atom is -0.456 e. The highest BCUT2D eigenvalue weighted by molar-refractivity contribution is 6.04. The smallest absolute Gasteiger partial charge is 0.326 e. The standard InChI is InChI=1S/C16H14N2O5/c19-13-6-7-14(20)18(13)9-15(21)22-10-12-8-17-16(23-12)11-4-2-1-3-5-11/h1-5,8H,6-7,9-10H2. The number of carbonyl (C=O) groups is 3. The lowest BCUT2D eigenvalue weighted by Gasteiger charge is -2.12. The predicted molar refractivity (Wildman–Crippen MR) is 77.7 cm³/mol. The summed E-state index contributed by atoms with van der Waals surface area (Å²) in [6.45, 7) is -0.466. The van der Waals surface area contributed by atoms with E-state index in [4.69, 9.17) is 9.15 Å². The van der Waals surface area contributed by atoms with Crippen molar-refractivity contribution >= 4 is 17.8 Å². The third-order valence-corrected chi connectivity index (χ3v) is 3.39. The fraction of sp³-hybridized carbons (Fsp3) is 0.250. The van der Waals surface area contributed by atoms with Gasteiger partial charge in [-0.05, 0) is 12.1 Å². The van der Waals surface area contributed by atoms with E-state index in [1.165, 1.54) is 6.20 Å². The molecule has 0 unspecified atom stereocenters. The third kappa shape index (κ3) is 3.45. The largest absolute Gasteiger partial charge is 0.456 e. The van der Waals surface area contributed by atoms with Crippen LogP contribution in [0, 0.1) is 0 Å². The van der Waals surface area contributed by atoms with Gasteiger partial charge in [0.25, 0.3) is 0 Å². The predicted octanol–water partition coefficient (Wildman–Crippen LogP) is 1.53. The molecule has 1 fully saturated rings. The van der Waals surface area contributed by atoms with Crippen molar-refractivity contribution < 1.29 is 23.5 Å². The Morgan fingerprint density at radius 2 is 1.87 bits per heavy atom. The van der Waals surface area contributed by atoms with Crippen molar-refractivity contribution in [1.29, 1.82) is 0 Å². The van der Waals surface area contributed by atoms with Crippen molar-refractivity contribution in [3.63, 3.8) is 0 Å². The van der Waals surface area contributed by atoms with E-state index in [0.717, 1.165) is 10.5 Å². The van der Waals surface area contributed by atoms with Crippen molar-refractivity contribution in [2.24, 2.45) is 0 Å². The van der Waals surface area contributed by atoms with Crippen LogP contribution in [0.3, 0.4) is 0 Å². The first kappa shape index (κ1) is 15.0. The lowest BCUT2D eigenvalue weighted by Crippen LogP contribution is -2.35. The van der Waals surface area contributed by atoms with Crippen LogP contribution in [0.2, 0.25) is 0 Å². The molecule has 7 nitrogen and oxygen atoms in total. The van der Waals surface area contributed by atoms with E-state index in [1.807, 2.05) is 30.3 Å². The molecule has 3 rings (SSSR count). The molecule has 0 aliphatic carbocycles. The Balaban J connectivity index is 1.54. The summed E-state index contributed by atoms with van der Waals surface area (Å²) < 4.78 is 10.5. The number of esters is 1. The van der Waals surface area contributed by atoms with Crippen molar-refractivity contribution in [2.45, 2.75) is 19.4 Å². The number of hydrogen-bond acceptors (Lipinski definition) is 6. The van der Waals surface area contributed by atoms with E-state index in [1.54, 1.807) is 0 Å². The molecule has 0 radical (unpaired) electrons. The van der Waals surface area contributed by atoms with Gasteiger partial charge in [0.1, 0.15) is 6.54 Å². The molecule has 118 valence electrons. The van der Waals surface area contributed by atoms with Crippen LogP contribution in [-0.4, -0.2) is 34.2 Å². The number of likely N-dealkylation sites (tertiary alicyclic amines) is 1. The highest BCUT2D eigenvalue weighted by Crippen LogP contribution is 2.19. The maximum atomic E-state index is 11.7. The Morgan fingerprint density at radius 1 is 1.17 bits per heavy atom. The topological polar surface area (TPSA) is 89.7 Å². The number of rotatable bonds is 5. The zero-order valence-electron chi connectivity index (χ0n) is 12.2. The lowest BCUT2D eigenvalue weighted by atomic mass is 10.2. The van der Waals surface area contributed by atoms with Crippen molar-refractivity contribution in [3.05, 3.63) is 42.3 Å². The molecule has 1 aromatic carbocycles. The monoisotopic (exact) mass is 314 g/mol. The minimum atomic E-state index is -0.661. The van der Waals surface area contributed by atoms with Crippen LogP contribution in [-0.2, 0) is 25.7 Å². The van der Waals surface area contributed by atoms with Gasteiger partial charge in [-0.15, -0.1) is 0 Å². The van der Waals surface area contributed by atoms with Gasteiger partial charge in [0, 0.05) is 18.4 Å². The molecule has 7 heteroatoms. The maximum Gasteiger partial charge on any atom is 0.326 e. The summed E-state index contributed by atoms with van der Waals surface area (Å²) in [4.78, 5) is 39.6. The second-order valence-electron chi connectivity index (χ2n) is 5.03. The van der Waals surface area contributed by atoms with Gasteiger partial charge in [-0.2, -0.15) is 0 Å². The lowest BCUT2D eigenvalue weighted by molar-refractivity contribution is -0.153. The molecule has 0 spiro atoms. The molecule has 1 aliphatic heterocycles. The van der Waals surface area contributed by atoms with E-state index in [9.17, 15) is 14.4 Å². The van der Waals surface area contributed by atoms with Crippen LogP contribution in [0.1, 0.15) is 18.6 Å². The summed E-state index contributed by atoms with van der Waals surface area (Å²) in [7, 11) is 0. The van der Waals surface area contributed by atoms with Crippen molar-refractivity contribution in [3.8, 4) is 11.5 Å². The van der Waals surface area contributed by atoms with Gasteiger partial charge < -0.3 is 9.15 Å². The summed E-state index contributed by atoms with van der Waals surface area (Å²) in [5.41, 5.74) is 0.818. The number of hydrogen-bond donors (Lipinski definition) is 0. The van der Waals surface area contributed by atoms with Crippen LogP contribution in [0.25, 0.3) is 11.5 Å². The number of imide groups is 1. The summed E-state index contributed by atoms with van der Waals surface area (Å²) in [6, 6.07) is 9.32. The Hall–Kier alpha value is -2.96. The summed E-state index contributed by atoms with van der Waals surface area (Å²) in [5.74, 6) is -0.542. The van der Waals surface area contributed by atoms with Crippen LogP contribution in [0.5, 0.6) is 0 Å². The summed E-state index contributed by atoms with van der Waals surface area (Å²) in [5, 5.41) is 0. The van der Waals surface area contributed by atoms with Crippen molar-refractivity contribution in [1.82, 2.24) is 9.88 Å². The summed E-state index contributed by atoms with van der Waals surface area (Å²) in [6.07, 6.45) is 1.77.